The van der Waals surface area contributed by atoms with Crippen LogP contribution in [-0.2, 0) is 4.74 Å². The molecule has 116 valence electrons. The lowest BCUT2D eigenvalue weighted by atomic mass is 9.81. The van der Waals surface area contributed by atoms with Crippen LogP contribution in [0.1, 0.15) is 80.1 Å². The molecule has 0 aromatic rings. The van der Waals surface area contributed by atoms with Crippen molar-refractivity contribution >= 4 is 0 Å². The SMILES string of the molecule is CC.CC1CCC(C)(O)CC1.CCCC1(C)COC1. The Morgan fingerprint density at radius 1 is 1.11 bits per heavy atom. The fourth-order valence-corrected chi connectivity index (χ4v) is 2.58. The van der Waals surface area contributed by atoms with E-state index >= 15 is 0 Å². The second-order valence-electron chi connectivity index (χ2n) is 6.73. The van der Waals surface area contributed by atoms with Crippen molar-refractivity contribution in [3.8, 4) is 0 Å². The third-order valence-electron chi connectivity index (χ3n) is 4.11. The topological polar surface area (TPSA) is 29.5 Å². The van der Waals surface area contributed by atoms with Gasteiger partial charge in [-0.15, -0.1) is 0 Å². The van der Waals surface area contributed by atoms with Crippen LogP contribution >= 0.6 is 0 Å². The van der Waals surface area contributed by atoms with Crippen molar-refractivity contribution < 1.29 is 9.84 Å². The predicted molar refractivity (Wildman–Crippen MR) is 83.4 cm³/mol. The first-order valence-corrected chi connectivity index (χ1v) is 8.17. The maximum absolute atomic E-state index is 9.49. The van der Waals surface area contributed by atoms with E-state index in [0.717, 1.165) is 32.0 Å². The Kier molecular flexibility index (Phi) is 8.93. The van der Waals surface area contributed by atoms with Gasteiger partial charge in [0.1, 0.15) is 0 Å². The lowest BCUT2D eigenvalue weighted by molar-refractivity contribution is -0.105. The Morgan fingerprint density at radius 2 is 1.58 bits per heavy atom. The van der Waals surface area contributed by atoms with Crippen LogP contribution in [0.4, 0.5) is 0 Å². The van der Waals surface area contributed by atoms with Crippen LogP contribution in [0, 0.1) is 11.3 Å². The summed E-state index contributed by atoms with van der Waals surface area (Å²) in [6.45, 7) is 14.7. The van der Waals surface area contributed by atoms with Crippen LogP contribution in [0.15, 0.2) is 0 Å². The molecule has 2 rings (SSSR count). The van der Waals surface area contributed by atoms with Crippen LogP contribution in [0.3, 0.4) is 0 Å². The summed E-state index contributed by atoms with van der Waals surface area (Å²) in [6.07, 6.45) is 7.01. The quantitative estimate of drug-likeness (QED) is 0.782. The fraction of sp³-hybridized carbons (Fsp3) is 1.00. The number of hydrogen-bond acceptors (Lipinski definition) is 2. The highest BCUT2D eigenvalue weighted by Crippen LogP contribution is 2.31. The summed E-state index contributed by atoms with van der Waals surface area (Å²) in [6, 6.07) is 0. The monoisotopic (exact) mass is 272 g/mol. The third kappa shape index (κ3) is 7.94. The highest BCUT2D eigenvalue weighted by atomic mass is 16.5. The molecule has 1 aliphatic carbocycles. The molecule has 2 aliphatic rings. The van der Waals surface area contributed by atoms with Crippen molar-refractivity contribution in [3.05, 3.63) is 0 Å². The van der Waals surface area contributed by atoms with Crippen molar-refractivity contribution in [1.29, 1.82) is 0 Å². The summed E-state index contributed by atoms with van der Waals surface area (Å²) < 4.78 is 5.09. The lowest BCUT2D eigenvalue weighted by Gasteiger charge is -2.37. The van der Waals surface area contributed by atoms with Crippen LogP contribution in [0.5, 0.6) is 0 Å². The van der Waals surface area contributed by atoms with Gasteiger partial charge in [0.15, 0.2) is 0 Å². The van der Waals surface area contributed by atoms with Crippen molar-refractivity contribution in [2.24, 2.45) is 11.3 Å². The van der Waals surface area contributed by atoms with Gasteiger partial charge in [0.05, 0.1) is 18.8 Å². The van der Waals surface area contributed by atoms with Gasteiger partial charge in [-0.25, -0.2) is 0 Å². The average molecular weight is 272 g/mol. The fourth-order valence-electron chi connectivity index (χ4n) is 2.58. The maximum Gasteiger partial charge on any atom is 0.0620 e. The molecule has 1 heterocycles. The molecule has 0 bridgehead atoms. The van der Waals surface area contributed by atoms with E-state index in [2.05, 4.69) is 20.8 Å². The smallest absolute Gasteiger partial charge is 0.0620 e. The molecule has 2 nitrogen and oxygen atoms in total. The van der Waals surface area contributed by atoms with Gasteiger partial charge in [-0.05, 0) is 44.9 Å². The van der Waals surface area contributed by atoms with Gasteiger partial charge in [-0.1, -0.05) is 41.0 Å². The minimum atomic E-state index is -0.341. The summed E-state index contributed by atoms with van der Waals surface area (Å²) in [7, 11) is 0. The van der Waals surface area contributed by atoms with E-state index in [0.29, 0.717) is 5.41 Å². The molecule has 0 spiro atoms. The molecule has 2 heteroatoms. The molecule has 19 heavy (non-hydrogen) atoms. The lowest BCUT2D eigenvalue weighted by Crippen LogP contribution is -2.39. The first-order valence-electron chi connectivity index (χ1n) is 8.17. The number of ether oxygens (including phenoxy) is 1. The van der Waals surface area contributed by atoms with Crippen molar-refractivity contribution in [3.63, 3.8) is 0 Å². The first kappa shape index (κ1) is 18.9. The minimum Gasteiger partial charge on any atom is -0.390 e. The third-order valence-corrected chi connectivity index (χ3v) is 4.11. The number of hydrogen-bond donors (Lipinski definition) is 1. The molecule has 1 aliphatic heterocycles. The molecule has 0 aromatic carbocycles. The Balaban J connectivity index is 0.000000303. The van der Waals surface area contributed by atoms with Crippen LogP contribution in [0.25, 0.3) is 0 Å². The highest BCUT2D eigenvalue weighted by molar-refractivity contribution is 4.80. The molecule has 0 aromatic heterocycles. The van der Waals surface area contributed by atoms with Crippen LogP contribution in [0.2, 0.25) is 0 Å². The van der Waals surface area contributed by atoms with E-state index in [9.17, 15) is 5.11 Å². The summed E-state index contributed by atoms with van der Waals surface area (Å²) in [5.74, 6) is 0.838. The normalized spacial score (nSPS) is 32.1. The summed E-state index contributed by atoms with van der Waals surface area (Å²) in [5, 5.41) is 9.49. The van der Waals surface area contributed by atoms with Gasteiger partial charge in [0.2, 0.25) is 0 Å². The molecule has 1 N–H and O–H groups in total. The molecule has 0 atom stereocenters. The van der Waals surface area contributed by atoms with E-state index in [1.165, 1.54) is 25.7 Å². The van der Waals surface area contributed by atoms with E-state index < -0.39 is 0 Å². The van der Waals surface area contributed by atoms with E-state index in [1.807, 2.05) is 20.8 Å². The van der Waals surface area contributed by atoms with Crippen molar-refractivity contribution in [2.45, 2.75) is 85.7 Å². The number of aliphatic hydroxyl groups is 1. The van der Waals surface area contributed by atoms with Crippen molar-refractivity contribution in [1.82, 2.24) is 0 Å². The van der Waals surface area contributed by atoms with E-state index in [1.54, 1.807) is 0 Å². The van der Waals surface area contributed by atoms with Gasteiger partial charge in [0, 0.05) is 5.41 Å². The van der Waals surface area contributed by atoms with Crippen molar-refractivity contribution in [2.75, 3.05) is 13.2 Å². The highest BCUT2D eigenvalue weighted by Gasteiger charge is 2.31. The minimum absolute atomic E-state index is 0.341. The van der Waals surface area contributed by atoms with Gasteiger partial charge in [-0.2, -0.15) is 0 Å². The van der Waals surface area contributed by atoms with Gasteiger partial charge < -0.3 is 9.84 Å². The number of rotatable bonds is 2. The largest absolute Gasteiger partial charge is 0.390 e. The summed E-state index contributed by atoms with van der Waals surface area (Å²) in [4.78, 5) is 0. The Labute approximate surface area is 120 Å². The zero-order valence-electron chi connectivity index (χ0n) is 14.1. The molecule has 2 fully saturated rings. The zero-order chi connectivity index (χ0) is 14.9. The average Bonchev–Trinajstić information content (AvgIpc) is 2.35. The van der Waals surface area contributed by atoms with Gasteiger partial charge >= 0.3 is 0 Å². The predicted octanol–water partition coefficient (Wildman–Crippen LogP) is 4.80. The Bertz CT molecular complexity index is 209. The Hall–Kier alpha value is -0.0800. The van der Waals surface area contributed by atoms with E-state index in [-0.39, 0.29) is 5.60 Å². The van der Waals surface area contributed by atoms with E-state index in [4.69, 9.17) is 4.74 Å². The zero-order valence-corrected chi connectivity index (χ0v) is 14.1. The Morgan fingerprint density at radius 3 is 1.79 bits per heavy atom. The van der Waals surface area contributed by atoms with Gasteiger partial charge in [-0.3, -0.25) is 0 Å². The standard InChI is InChI=1S/C8H16O.C7H14O.C2H6/c1-7-3-5-8(2,9)6-4-7;1-3-4-7(2)5-8-6-7;1-2/h7,9H,3-6H2,1-2H3;3-6H2,1-2H3;1-2H3. The summed E-state index contributed by atoms with van der Waals surface area (Å²) >= 11 is 0. The second kappa shape index (κ2) is 8.97. The molecular formula is C17H36O2. The first-order chi connectivity index (χ1) is 8.87. The summed E-state index contributed by atoms with van der Waals surface area (Å²) in [5.41, 5.74) is 0.210. The maximum atomic E-state index is 9.49. The second-order valence-corrected chi connectivity index (χ2v) is 6.73. The molecule has 0 amide bonds. The molecular weight excluding hydrogens is 236 g/mol. The molecule has 0 radical (unpaired) electrons. The van der Waals surface area contributed by atoms with Crippen LogP contribution in [-0.4, -0.2) is 23.9 Å². The molecule has 0 unspecified atom stereocenters. The van der Waals surface area contributed by atoms with Gasteiger partial charge in [0.25, 0.3) is 0 Å². The molecule has 1 saturated heterocycles. The molecule has 1 saturated carbocycles. The van der Waals surface area contributed by atoms with Crippen LogP contribution < -0.4 is 0 Å².